The Morgan fingerprint density at radius 2 is 2.04 bits per heavy atom. The number of carbonyl (C=O) groups excluding carboxylic acids is 2. The topological polar surface area (TPSA) is 84.2 Å². The summed E-state index contributed by atoms with van der Waals surface area (Å²) in [6, 6.07) is 7.35. The van der Waals surface area contributed by atoms with Crippen LogP contribution in [0.5, 0.6) is 0 Å². The molecule has 3 rings (SSSR count). The van der Waals surface area contributed by atoms with Gasteiger partial charge >= 0.3 is 0 Å². The average molecular weight is 412 g/mol. The molecule has 0 aliphatic heterocycles. The van der Waals surface area contributed by atoms with Crippen molar-refractivity contribution < 1.29 is 14.0 Å². The molecule has 1 aromatic heterocycles. The van der Waals surface area contributed by atoms with E-state index in [1.165, 1.54) is 29.5 Å². The number of anilines is 1. The molecule has 5 nitrogen and oxygen atoms in total. The lowest BCUT2D eigenvalue weighted by molar-refractivity contribution is 0.0931. The van der Waals surface area contributed by atoms with Crippen molar-refractivity contribution in [1.82, 2.24) is 5.32 Å². The van der Waals surface area contributed by atoms with E-state index in [-0.39, 0.29) is 29.9 Å². The SMILES string of the molecule is Cc1cc(NC(=O)c2cccc(F)c2)sc1C(=O)NC1CCCC1CN.Cl. The monoisotopic (exact) mass is 411 g/mol. The van der Waals surface area contributed by atoms with Crippen LogP contribution in [0.1, 0.15) is 44.9 Å². The van der Waals surface area contributed by atoms with Crippen molar-refractivity contribution in [3.63, 3.8) is 0 Å². The summed E-state index contributed by atoms with van der Waals surface area (Å²) < 4.78 is 13.3. The number of halogens is 2. The number of hydrogen-bond donors (Lipinski definition) is 3. The number of thiophene rings is 1. The third-order valence-corrected chi connectivity index (χ3v) is 5.88. The Kier molecular flexibility index (Phi) is 7.35. The Hall–Kier alpha value is -1.96. The smallest absolute Gasteiger partial charge is 0.261 e. The molecular formula is C19H23ClFN3O2S. The van der Waals surface area contributed by atoms with Gasteiger partial charge in [-0.3, -0.25) is 9.59 Å². The van der Waals surface area contributed by atoms with Crippen LogP contribution >= 0.6 is 23.7 Å². The zero-order valence-corrected chi connectivity index (χ0v) is 16.6. The van der Waals surface area contributed by atoms with Crippen LogP contribution < -0.4 is 16.4 Å². The van der Waals surface area contributed by atoms with Crippen molar-refractivity contribution in [2.24, 2.45) is 11.7 Å². The molecule has 1 aromatic carbocycles. The van der Waals surface area contributed by atoms with Gasteiger partial charge in [-0.2, -0.15) is 0 Å². The van der Waals surface area contributed by atoms with E-state index in [1.54, 1.807) is 12.1 Å². The first-order valence-electron chi connectivity index (χ1n) is 8.66. The molecule has 2 amide bonds. The Bertz CT molecular complexity index is 827. The van der Waals surface area contributed by atoms with Gasteiger partial charge in [0, 0.05) is 11.6 Å². The average Bonchev–Trinajstić information content (AvgIpc) is 3.20. The van der Waals surface area contributed by atoms with Gasteiger partial charge in [0.1, 0.15) is 5.82 Å². The summed E-state index contributed by atoms with van der Waals surface area (Å²) in [5, 5.41) is 6.36. The molecule has 2 atom stereocenters. The van der Waals surface area contributed by atoms with Crippen molar-refractivity contribution in [1.29, 1.82) is 0 Å². The zero-order valence-electron chi connectivity index (χ0n) is 15.0. The minimum Gasteiger partial charge on any atom is -0.348 e. The lowest BCUT2D eigenvalue weighted by atomic mass is 10.0. The molecule has 0 bridgehead atoms. The summed E-state index contributed by atoms with van der Waals surface area (Å²) in [5.41, 5.74) is 6.80. The van der Waals surface area contributed by atoms with Crippen molar-refractivity contribution in [3.05, 3.63) is 52.2 Å². The van der Waals surface area contributed by atoms with Crippen LogP contribution in [0.4, 0.5) is 9.39 Å². The minimum atomic E-state index is -0.467. The van der Waals surface area contributed by atoms with E-state index in [9.17, 15) is 14.0 Å². The fraction of sp³-hybridized carbons (Fsp3) is 0.368. The first kappa shape index (κ1) is 21.3. The highest BCUT2D eigenvalue weighted by atomic mass is 35.5. The minimum absolute atomic E-state index is 0. The fourth-order valence-corrected chi connectivity index (χ4v) is 4.30. The number of carbonyl (C=O) groups is 2. The Labute approximate surface area is 167 Å². The van der Waals surface area contributed by atoms with Crippen LogP contribution in [-0.4, -0.2) is 24.4 Å². The number of amides is 2. The van der Waals surface area contributed by atoms with Crippen LogP contribution in [-0.2, 0) is 0 Å². The highest BCUT2D eigenvalue weighted by Crippen LogP contribution is 2.29. The van der Waals surface area contributed by atoms with E-state index in [4.69, 9.17) is 5.73 Å². The molecule has 4 N–H and O–H groups in total. The molecule has 0 spiro atoms. The van der Waals surface area contributed by atoms with E-state index in [2.05, 4.69) is 10.6 Å². The zero-order chi connectivity index (χ0) is 18.7. The Morgan fingerprint density at radius 3 is 2.74 bits per heavy atom. The second-order valence-electron chi connectivity index (χ2n) is 6.59. The van der Waals surface area contributed by atoms with E-state index in [0.29, 0.717) is 22.3 Å². The van der Waals surface area contributed by atoms with Crippen molar-refractivity contribution in [3.8, 4) is 0 Å². The number of benzene rings is 1. The molecule has 1 heterocycles. The maximum atomic E-state index is 13.3. The van der Waals surface area contributed by atoms with Gasteiger partial charge < -0.3 is 16.4 Å². The van der Waals surface area contributed by atoms with Crippen molar-refractivity contribution in [2.75, 3.05) is 11.9 Å². The number of aryl methyl sites for hydroxylation is 1. The molecular weight excluding hydrogens is 389 g/mol. The fourth-order valence-electron chi connectivity index (χ4n) is 3.33. The van der Waals surface area contributed by atoms with Gasteiger partial charge in [-0.15, -0.1) is 23.7 Å². The van der Waals surface area contributed by atoms with Crippen molar-refractivity contribution >= 4 is 40.6 Å². The molecule has 27 heavy (non-hydrogen) atoms. The van der Waals surface area contributed by atoms with Gasteiger partial charge in [-0.05, 0) is 62.1 Å². The van der Waals surface area contributed by atoms with Gasteiger partial charge in [-0.25, -0.2) is 4.39 Å². The largest absolute Gasteiger partial charge is 0.348 e. The molecule has 2 aromatic rings. The second-order valence-corrected chi connectivity index (χ2v) is 7.65. The quantitative estimate of drug-likeness (QED) is 0.700. The predicted octanol–water partition coefficient (Wildman–Crippen LogP) is 3.73. The standard InChI is InChI=1S/C19H22FN3O2S.ClH/c1-11-8-16(23-18(24)12-4-2-6-14(20)9-12)26-17(11)19(25)22-15-7-3-5-13(15)10-21;/h2,4,6,8-9,13,15H,3,5,7,10,21H2,1H3,(H,22,25)(H,23,24);1H. The van der Waals surface area contributed by atoms with E-state index < -0.39 is 11.7 Å². The number of hydrogen-bond acceptors (Lipinski definition) is 4. The van der Waals surface area contributed by atoms with E-state index in [1.807, 2.05) is 6.92 Å². The van der Waals surface area contributed by atoms with Gasteiger partial charge in [0.15, 0.2) is 0 Å². The summed E-state index contributed by atoms with van der Waals surface area (Å²) in [4.78, 5) is 25.4. The van der Waals surface area contributed by atoms with Crippen LogP contribution in [0.2, 0.25) is 0 Å². The highest BCUT2D eigenvalue weighted by molar-refractivity contribution is 7.18. The third kappa shape index (κ3) is 5.06. The summed E-state index contributed by atoms with van der Waals surface area (Å²) in [6.45, 7) is 2.40. The van der Waals surface area contributed by atoms with Crippen molar-refractivity contribution in [2.45, 2.75) is 32.2 Å². The molecule has 2 unspecified atom stereocenters. The molecule has 1 saturated carbocycles. The maximum Gasteiger partial charge on any atom is 0.261 e. The molecule has 8 heteroatoms. The molecule has 1 aliphatic rings. The highest BCUT2D eigenvalue weighted by Gasteiger charge is 2.28. The molecule has 1 aliphatic carbocycles. The third-order valence-electron chi connectivity index (χ3n) is 4.73. The van der Waals surface area contributed by atoms with Gasteiger partial charge in [0.2, 0.25) is 0 Å². The van der Waals surface area contributed by atoms with Gasteiger partial charge in [0.25, 0.3) is 11.8 Å². The van der Waals surface area contributed by atoms with E-state index in [0.717, 1.165) is 24.8 Å². The Balaban J connectivity index is 0.00000261. The maximum absolute atomic E-state index is 13.3. The first-order chi connectivity index (χ1) is 12.5. The normalized spacial score (nSPS) is 18.6. The predicted molar refractivity (Wildman–Crippen MR) is 108 cm³/mol. The number of nitrogens with one attached hydrogen (secondary N) is 2. The molecule has 0 radical (unpaired) electrons. The van der Waals surface area contributed by atoms with E-state index >= 15 is 0 Å². The van der Waals surface area contributed by atoms with Gasteiger partial charge in [0.05, 0.1) is 9.88 Å². The van der Waals surface area contributed by atoms with Gasteiger partial charge in [-0.1, -0.05) is 12.5 Å². The van der Waals surface area contributed by atoms with Crippen LogP contribution in [0, 0.1) is 18.7 Å². The summed E-state index contributed by atoms with van der Waals surface area (Å²) in [6.07, 6.45) is 3.06. The summed E-state index contributed by atoms with van der Waals surface area (Å²) in [7, 11) is 0. The first-order valence-corrected chi connectivity index (χ1v) is 9.48. The van der Waals surface area contributed by atoms with Crippen LogP contribution in [0.25, 0.3) is 0 Å². The number of rotatable bonds is 5. The molecule has 146 valence electrons. The van der Waals surface area contributed by atoms with Crippen LogP contribution in [0.3, 0.4) is 0 Å². The lowest BCUT2D eigenvalue weighted by Crippen LogP contribution is -2.39. The summed E-state index contributed by atoms with van der Waals surface area (Å²) in [5.74, 6) is -0.682. The Morgan fingerprint density at radius 1 is 1.26 bits per heavy atom. The lowest BCUT2D eigenvalue weighted by Gasteiger charge is -2.19. The number of nitrogens with two attached hydrogens (primary N) is 1. The summed E-state index contributed by atoms with van der Waals surface area (Å²) >= 11 is 1.22. The van der Waals surface area contributed by atoms with Crippen LogP contribution in [0.15, 0.2) is 30.3 Å². The second kappa shape index (κ2) is 9.30. The molecule has 1 fully saturated rings. The molecule has 0 saturated heterocycles.